The average Bonchev–Trinajstić information content (AvgIpc) is 2.24. The predicted molar refractivity (Wildman–Crippen MR) is 72.0 cm³/mol. The minimum atomic E-state index is 0.136. The molecular weight excluding hydrogens is 216 g/mol. The van der Waals surface area contributed by atoms with E-state index < -0.39 is 0 Å². The third kappa shape index (κ3) is 7.71. The van der Waals surface area contributed by atoms with E-state index in [1.807, 2.05) is 0 Å². The topological polar surface area (TPSA) is 67.5 Å². The molecule has 17 heavy (non-hydrogen) atoms. The Kier molecular flexibility index (Phi) is 8.78. The molecule has 0 aliphatic rings. The summed E-state index contributed by atoms with van der Waals surface area (Å²) in [6.07, 6.45) is 2.78. The Morgan fingerprint density at radius 2 is 1.94 bits per heavy atom. The molecule has 0 aromatic heterocycles. The third-order valence-electron chi connectivity index (χ3n) is 3.02. The van der Waals surface area contributed by atoms with E-state index in [9.17, 15) is 0 Å². The van der Waals surface area contributed by atoms with Crippen molar-refractivity contribution in [2.24, 2.45) is 11.1 Å². The van der Waals surface area contributed by atoms with Gasteiger partial charge in [-0.3, -0.25) is 0 Å². The molecule has 0 fully saturated rings. The first-order chi connectivity index (χ1) is 7.95. The van der Waals surface area contributed by atoms with Crippen molar-refractivity contribution in [3.63, 3.8) is 0 Å². The van der Waals surface area contributed by atoms with E-state index >= 15 is 0 Å². The molecule has 4 N–H and O–H groups in total. The second-order valence-corrected chi connectivity index (χ2v) is 5.68. The number of aliphatic hydroxyl groups excluding tert-OH is 1. The van der Waals surface area contributed by atoms with E-state index in [-0.39, 0.29) is 12.0 Å². The quantitative estimate of drug-likeness (QED) is 0.570. The number of ether oxygens (including phenoxy) is 1. The molecule has 0 heterocycles. The minimum absolute atomic E-state index is 0.136. The zero-order valence-corrected chi connectivity index (χ0v) is 11.8. The van der Waals surface area contributed by atoms with Gasteiger partial charge >= 0.3 is 0 Å². The zero-order chi connectivity index (χ0) is 13.3. The van der Waals surface area contributed by atoms with E-state index in [4.69, 9.17) is 15.6 Å². The number of nitrogens with one attached hydrogen (secondary N) is 1. The highest BCUT2D eigenvalue weighted by molar-refractivity contribution is 4.83. The summed E-state index contributed by atoms with van der Waals surface area (Å²) < 4.78 is 5.23. The van der Waals surface area contributed by atoms with Crippen LogP contribution in [0.15, 0.2) is 0 Å². The number of nitrogens with two attached hydrogens (primary N) is 1. The lowest BCUT2D eigenvalue weighted by atomic mass is 9.84. The van der Waals surface area contributed by atoms with Crippen LogP contribution in [0.4, 0.5) is 0 Å². The smallest absolute Gasteiger partial charge is 0.0615 e. The van der Waals surface area contributed by atoms with Gasteiger partial charge in [-0.25, -0.2) is 0 Å². The van der Waals surface area contributed by atoms with Crippen molar-refractivity contribution in [1.29, 1.82) is 0 Å². The van der Waals surface area contributed by atoms with Crippen LogP contribution < -0.4 is 11.1 Å². The minimum Gasteiger partial charge on any atom is -0.396 e. The number of hydrogen-bond donors (Lipinski definition) is 3. The van der Waals surface area contributed by atoms with Crippen LogP contribution in [0.3, 0.4) is 0 Å². The molecule has 0 aromatic rings. The van der Waals surface area contributed by atoms with Crippen molar-refractivity contribution in [3.05, 3.63) is 0 Å². The highest BCUT2D eigenvalue weighted by atomic mass is 16.5. The highest BCUT2D eigenvalue weighted by Gasteiger charge is 2.26. The summed E-state index contributed by atoms with van der Waals surface area (Å²) in [5, 5.41) is 12.7. The van der Waals surface area contributed by atoms with Gasteiger partial charge in [0.2, 0.25) is 0 Å². The van der Waals surface area contributed by atoms with Crippen molar-refractivity contribution in [2.45, 2.75) is 52.1 Å². The lowest BCUT2D eigenvalue weighted by Gasteiger charge is -2.34. The van der Waals surface area contributed by atoms with Crippen molar-refractivity contribution >= 4 is 0 Å². The normalized spacial score (nSPS) is 15.9. The largest absolute Gasteiger partial charge is 0.396 e. The second-order valence-electron chi connectivity index (χ2n) is 5.68. The van der Waals surface area contributed by atoms with Crippen LogP contribution in [0, 0.1) is 5.41 Å². The molecule has 0 saturated heterocycles. The first-order valence-corrected chi connectivity index (χ1v) is 6.51. The molecule has 0 saturated carbocycles. The zero-order valence-electron chi connectivity index (χ0n) is 11.8. The molecule has 2 unspecified atom stereocenters. The molecule has 0 rings (SSSR count). The summed E-state index contributed by atoms with van der Waals surface area (Å²) in [6, 6.07) is 0.616. The van der Waals surface area contributed by atoms with Crippen molar-refractivity contribution in [1.82, 2.24) is 5.32 Å². The van der Waals surface area contributed by atoms with Gasteiger partial charge in [0, 0.05) is 25.8 Å². The van der Waals surface area contributed by atoms with Gasteiger partial charge in [-0.05, 0) is 31.2 Å². The number of methoxy groups -OCH3 is 1. The van der Waals surface area contributed by atoms with E-state index in [1.165, 1.54) is 0 Å². The maximum atomic E-state index is 9.13. The van der Waals surface area contributed by atoms with Crippen LogP contribution in [-0.4, -0.2) is 44.1 Å². The molecule has 0 spiro atoms. The Morgan fingerprint density at radius 1 is 1.29 bits per heavy atom. The van der Waals surface area contributed by atoms with Gasteiger partial charge in [0.05, 0.1) is 6.61 Å². The third-order valence-corrected chi connectivity index (χ3v) is 3.02. The second kappa shape index (κ2) is 8.86. The fourth-order valence-corrected chi connectivity index (χ4v) is 1.96. The highest BCUT2D eigenvalue weighted by Crippen LogP contribution is 2.22. The molecule has 0 amide bonds. The number of rotatable bonds is 9. The van der Waals surface area contributed by atoms with Gasteiger partial charge in [-0.15, -0.1) is 0 Å². The molecule has 0 aliphatic carbocycles. The van der Waals surface area contributed by atoms with Gasteiger partial charge in [-0.2, -0.15) is 0 Å². The lowest BCUT2D eigenvalue weighted by molar-refractivity contribution is 0.126. The molecule has 0 aromatic carbocycles. The Balaban J connectivity index is 4.33. The first kappa shape index (κ1) is 16.8. The van der Waals surface area contributed by atoms with Gasteiger partial charge < -0.3 is 20.9 Å². The summed E-state index contributed by atoms with van der Waals surface area (Å²) in [6.45, 7) is 8.18. The fourth-order valence-electron chi connectivity index (χ4n) is 1.96. The maximum absolute atomic E-state index is 9.13. The van der Waals surface area contributed by atoms with Crippen molar-refractivity contribution < 1.29 is 9.84 Å². The van der Waals surface area contributed by atoms with Gasteiger partial charge in [0.15, 0.2) is 0 Å². The maximum Gasteiger partial charge on any atom is 0.0615 e. The Morgan fingerprint density at radius 3 is 2.35 bits per heavy atom. The summed E-state index contributed by atoms with van der Waals surface area (Å²) in [4.78, 5) is 0. The van der Waals surface area contributed by atoms with E-state index in [1.54, 1.807) is 7.11 Å². The number of aliphatic hydroxyl groups is 1. The van der Waals surface area contributed by atoms with Gasteiger partial charge in [0.1, 0.15) is 0 Å². The van der Waals surface area contributed by atoms with Crippen molar-refractivity contribution in [2.75, 3.05) is 26.9 Å². The molecule has 2 atom stereocenters. The van der Waals surface area contributed by atoms with Gasteiger partial charge in [-0.1, -0.05) is 20.8 Å². The SMILES string of the molecule is COCC(CCCN)NC(CCO)C(C)(C)C. The molecule has 4 heteroatoms. The summed E-state index contributed by atoms with van der Waals surface area (Å²) in [7, 11) is 1.72. The summed E-state index contributed by atoms with van der Waals surface area (Å²) in [5.74, 6) is 0. The van der Waals surface area contributed by atoms with Crippen molar-refractivity contribution in [3.8, 4) is 0 Å². The molecule has 0 aliphatic heterocycles. The number of hydrogen-bond acceptors (Lipinski definition) is 4. The average molecular weight is 246 g/mol. The van der Waals surface area contributed by atoms with Gasteiger partial charge in [0.25, 0.3) is 0 Å². The molecule has 0 bridgehead atoms. The van der Waals surface area contributed by atoms with Crippen LogP contribution in [0.1, 0.15) is 40.0 Å². The van der Waals surface area contributed by atoms with Crippen LogP contribution in [0.5, 0.6) is 0 Å². The molecular formula is C13H30N2O2. The predicted octanol–water partition coefficient (Wildman–Crippen LogP) is 1.13. The monoisotopic (exact) mass is 246 g/mol. The van der Waals surface area contributed by atoms with Crippen LogP contribution in [-0.2, 0) is 4.74 Å². The molecule has 104 valence electrons. The summed E-state index contributed by atoms with van der Waals surface area (Å²) in [5.41, 5.74) is 5.68. The Hall–Kier alpha value is -0.160. The standard InChI is InChI=1S/C13H30N2O2/c1-13(2,3)12(7-9-16)15-11(10-17-4)6-5-8-14/h11-12,15-16H,5-10,14H2,1-4H3. The Bertz CT molecular complexity index is 181. The molecule has 0 radical (unpaired) electrons. The van der Waals surface area contributed by atoms with E-state index in [2.05, 4.69) is 26.1 Å². The van der Waals surface area contributed by atoms with E-state index in [0.29, 0.717) is 25.2 Å². The lowest BCUT2D eigenvalue weighted by Crippen LogP contribution is -2.48. The molecule has 4 nitrogen and oxygen atoms in total. The van der Waals surface area contributed by atoms with Crippen LogP contribution in [0.25, 0.3) is 0 Å². The first-order valence-electron chi connectivity index (χ1n) is 6.51. The fraction of sp³-hybridized carbons (Fsp3) is 1.00. The summed E-state index contributed by atoms with van der Waals surface area (Å²) >= 11 is 0. The Labute approximate surface area is 106 Å². The van der Waals surface area contributed by atoms with Crippen LogP contribution >= 0.6 is 0 Å². The van der Waals surface area contributed by atoms with Crippen LogP contribution in [0.2, 0.25) is 0 Å². The van der Waals surface area contributed by atoms with E-state index in [0.717, 1.165) is 19.3 Å².